The minimum Gasteiger partial charge on any atom is -0.353 e. The normalized spacial score (nSPS) is 20.9. The van der Waals surface area contributed by atoms with E-state index in [9.17, 15) is 4.79 Å². The highest BCUT2D eigenvalue weighted by atomic mass is 16.1. The SMILES string of the molecule is CCc1cccc(CN2CCC(NC(=O)C3CCCCC3)CC2)c1. The molecule has 1 saturated heterocycles. The molecule has 3 rings (SSSR count). The molecule has 0 radical (unpaired) electrons. The van der Waals surface area contributed by atoms with Crippen LogP contribution in [0.15, 0.2) is 24.3 Å². The highest BCUT2D eigenvalue weighted by Gasteiger charge is 2.25. The van der Waals surface area contributed by atoms with Gasteiger partial charge in [0.05, 0.1) is 0 Å². The number of aryl methyl sites for hydroxylation is 1. The molecule has 1 aliphatic heterocycles. The minimum absolute atomic E-state index is 0.286. The van der Waals surface area contributed by atoms with Crippen molar-refractivity contribution in [2.24, 2.45) is 5.92 Å². The second-order valence-electron chi connectivity index (χ2n) is 7.57. The molecule has 1 aliphatic carbocycles. The lowest BCUT2D eigenvalue weighted by Crippen LogP contribution is -2.46. The number of hydrogen-bond donors (Lipinski definition) is 1. The molecular formula is C21H32N2O. The molecule has 2 fully saturated rings. The predicted molar refractivity (Wildman–Crippen MR) is 98.8 cm³/mol. The van der Waals surface area contributed by atoms with E-state index in [1.165, 1.54) is 30.4 Å². The van der Waals surface area contributed by atoms with Crippen LogP contribution in [-0.4, -0.2) is 29.9 Å². The van der Waals surface area contributed by atoms with E-state index in [2.05, 4.69) is 41.4 Å². The lowest BCUT2D eigenvalue weighted by Gasteiger charge is -2.33. The summed E-state index contributed by atoms with van der Waals surface area (Å²) in [5.74, 6) is 0.609. The van der Waals surface area contributed by atoms with Gasteiger partial charge in [0.1, 0.15) is 0 Å². The summed E-state index contributed by atoms with van der Waals surface area (Å²) in [6.07, 6.45) is 9.24. The quantitative estimate of drug-likeness (QED) is 0.889. The average Bonchev–Trinajstić information content (AvgIpc) is 2.64. The third kappa shape index (κ3) is 4.83. The van der Waals surface area contributed by atoms with Gasteiger partial charge in [-0.05, 0) is 43.2 Å². The Morgan fingerprint density at radius 1 is 1.08 bits per heavy atom. The number of carbonyl (C=O) groups excluding carboxylic acids is 1. The van der Waals surface area contributed by atoms with Crippen molar-refractivity contribution in [1.82, 2.24) is 10.2 Å². The van der Waals surface area contributed by atoms with E-state index in [4.69, 9.17) is 0 Å². The predicted octanol–water partition coefficient (Wildman–Crippen LogP) is 3.91. The minimum atomic E-state index is 0.286. The maximum absolute atomic E-state index is 12.4. The summed E-state index contributed by atoms with van der Waals surface area (Å²) in [5, 5.41) is 3.33. The lowest BCUT2D eigenvalue weighted by atomic mass is 9.88. The summed E-state index contributed by atoms with van der Waals surface area (Å²) in [4.78, 5) is 14.9. The van der Waals surface area contributed by atoms with Crippen LogP contribution in [0, 0.1) is 5.92 Å². The standard InChI is InChI=1S/C21H32N2O/c1-2-17-7-6-8-18(15-17)16-23-13-11-20(12-14-23)22-21(24)19-9-4-3-5-10-19/h6-8,15,19-20H,2-5,9-14,16H2,1H3,(H,22,24). The molecule has 0 unspecified atom stereocenters. The molecule has 1 aromatic rings. The van der Waals surface area contributed by atoms with E-state index in [1.807, 2.05) is 0 Å². The van der Waals surface area contributed by atoms with Crippen molar-refractivity contribution in [3.05, 3.63) is 35.4 Å². The number of likely N-dealkylation sites (tertiary alicyclic amines) is 1. The fraction of sp³-hybridized carbons (Fsp3) is 0.667. The highest BCUT2D eigenvalue weighted by molar-refractivity contribution is 5.79. The first-order valence-electron chi connectivity index (χ1n) is 9.85. The second kappa shape index (κ2) is 8.66. The second-order valence-corrected chi connectivity index (χ2v) is 7.57. The zero-order valence-corrected chi connectivity index (χ0v) is 15.1. The molecule has 0 bridgehead atoms. The molecule has 3 heteroatoms. The van der Waals surface area contributed by atoms with Gasteiger partial charge in [0.2, 0.25) is 5.91 Å². The number of benzene rings is 1. The van der Waals surface area contributed by atoms with E-state index in [1.54, 1.807) is 0 Å². The van der Waals surface area contributed by atoms with Crippen LogP contribution in [-0.2, 0) is 17.8 Å². The van der Waals surface area contributed by atoms with E-state index >= 15 is 0 Å². The fourth-order valence-corrected chi connectivity index (χ4v) is 4.13. The van der Waals surface area contributed by atoms with Crippen LogP contribution in [0.5, 0.6) is 0 Å². The van der Waals surface area contributed by atoms with Gasteiger partial charge >= 0.3 is 0 Å². The maximum atomic E-state index is 12.4. The van der Waals surface area contributed by atoms with Crippen molar-refractivity contribution in [2.75, 3.05) is 13.1 Å². The summed E-state index contributed by atoms with van der Waals surface area (Å²) in [5.41, 5.74) is 2.83. The highest BCUT2D eigenvalue weighted by Crippen LogP contribution is 2.24. The van der Waals surface area contributed by atoms with Crippen molar-refractivity contribution < 1.29 is 4.79 Å². The number of carbonyl (C=O) groups is 1. The summed E-state index contributed by atoms with van der Waals surface area (Å²) < 4.78 is 0. The van der Waals surface area contributed by atoms with Crippen molar-refractivity contribution in [3.8, 4) is 0 Å². The summed E-state index contributed by atoms with van der Waals surface area (Å²) in [7, 11) is 0. The molecule has 0 atom stereocenters. The van der Waals surface area contributed by atoms with Gasteiger partial charge in [0.15, 0.2) is 0 Å². The number of amides is 1. The van der Waals surface area contributed by atoms with Crippen molar-refractivity contribution in [3.63, 3.8) is 0 Å². The molecule has 0 spiro atoms. The molecule has 1 heterocycles. The van der Waals surface area contributed by atoms with Crippen LogP contribution in [0.4, 0.5) is 0 Å². The smallest absolute Gasteiger partial charge is 0.223 e. The van der Waals surface area contributed by atoms with Gasteiger partial charge in [-0.3, -0.25) is 9.69 Å². The largest absolute Gasteiger partial charge is 0.353 e. The zero-order chi connectivity index (χ0) is 16.8. The molecule has 132 valence electrons. The van der Waals surface area contributed by atoms with Gasteiger partial charge in [-0.15, -0.1) is 0 Å². The molecule has 0 aromatic heterocycles. The van der Waals surface area contributed by atoms with E-state index in [0.29, 0.717) is 11.9 Å². The van der Waals surface area contributed by atoms with Gasteiger partial charge in [0.25, 0.3) is 0 Å². The Bertz CT molecular complexity index is 528. The number of piperidine rings is 1. The average molecular weight is 329 g/mol. The Kier molecular flexibility index (Phi) is 6.30. The van der Waals surface area contributed by atoms with E-state index in [-0.39, 0.29) is 5.92 Å². The van der Waals surface area contributed by atoms with Crippen LogP contribution in [0.1, 0.15) is 63.0 Å². The first-order chi connectivity index (χ1) is 11.7. The Labute approximate surface area is 146 Å². The van der Waals surface area contributed by atoms with Crippen LogP contribution >= 0.6 is 0 Å². The van der Waals surface area contributed by atoms with Gasteiger partial charge < -0.3 is 5.32 Å². The number of nitrogens with zero attached hydrogens (tertiary/aromatic N) is 1. The van der Waals surface area contributed by atoms with Gasteiger partial charge in [-0.2, -0.15) is 0 Å². The molecule has 24 heavy (non-hydrogen) atoms. The van der Waals surface area contributed by atoms with Crippen molar-refractivity contribution >= 4 is 5.91 Å². The van der Waals surface area contributed by atoms with Gasteiger partial charge in [-0.1, -0.05) is 50.5 Å². The third-order valence-corrected chi connectivity index (χ3v) is 5.72. The Morgan fingerprint density at radius 2 is 1.79 bits per heavy atom. The van der Waals surface area contributed by atoms with Crippen molar-refractivity contribution in [1.29, 1.82) is 0 Å². The van der Waals surface area contributed by atoms with Crippen LogP contribution in [0.2, 0.25) is 0 Å². The van der Waals surface area contributed by atoms with Crippen molar-refractivity contribution in [2.45, 2.75) is 70.9 Å². The molecule has 2 aliphatic rings. The van der Waals surface area contributed by atoms with Crippen LogP contribution < -0.4 is 5.32 Å². The monoisotopic (exact) mass is 328 g/mol. The summed E-state index contributed by atoms with van der Waals surface area (Å²) >= 11 is 0. The number of rotatable bonds is 5. The first-order valence-corrected chi connectivity index (χ1v) is 9.85. The molecule has 1 N–H and O–H groups in total. The van der Waals surface area contributed by atoms with E-state index in [0.717, 1.165) is 51.7 Å². The lowest BCUT2D eigenvalue weighted by molar-refractivity contribution is -0.127. The molecule has 3 nitrogen and oxygen atoms in total. The van der Waals surface area contributed by atoms with Gasteiger partial charge in [0, 0.05) is 31.6 Å². The molecule has 1 amide bonds. The van der Waals surface area contributed by atoms with E-state index < -0.39 is 0 Å². The number of hydrogen-bond acceptors (Lipinski definition) is 2. The topological polar surface area (TPSA) is 32.3 Å². The Morgan fingerprint density at radius 3 is 2.50 bits per heavy atom. The van der Waals surface area contributed by atoms with Crippen LogP contribution in [0.3, 0.4) is 0 Å². The van der Waals surface area contributed by atoms with Crippen LogP contribution in [0.25, 0.3) is 0 Å². The Hall–Kier alpha value is -1.35. The van der Waals surface area contributed by atoms with Gasteiger partial charge in [-0.25, -0.2) is 0 Å². The summed E-state index contributed by atoms with van der Waals surface area (Å²) in [6, 6.07) is 9.33. The number of nitrogens with one attached hydrogen (secondary N) is 1. The zero-order valence-electron chi connectivity index (χ0n) is 15.1. The maximum Gasteiger partial charge on any atom is 0.223 e. The molecule has 1 aromatic carbocycles. The fourth-order valence-electron chi connectivity index (χ4n) is 4.13. The summed E-state index contributed by atoms with van der Waals surface area (Å²) in [6.45, 7) is 5.43. The Balaban J connectivity index is 1.42. The third-order valence-electron chi connectivity index (χ3n) is 5.72. The molecule has 1 saturated carbocycles. The molecular weight excluding hydrogens is 296 g/mol. The first kappa shape index (κ1) is 17.5.